The molecule has 0 amide bonds. The van der Waals surface area contributed by atoms with E-state index >= 15 is 0 Å². The van der Waals surface area contributed by atoms with Gasteiger partial charge in [0.05, 0.1) is 11.7 Å². The first-order valence-electron chi connectivity index (χ1n) is 7.07. The standard InChI is InChI=1S/C14H25NO/c1-10(2-3-15)16-14-7-11-4-12(8-14)6-13(5-11)9-14/h10-13H,2-9,15H2,1H3. The van der Waals surface area contributed by atoms with Gasteiger partial charge in [-0.1, -0.05) is 0 Å². The third-order valence-corrected chi connectivity index (χ3v) is 5.01. The van der Waals surface area contributed by atoms with Crippen molar-refractivity contribution >= 4 is 0 Å². The topological polar surface area (TPSA) is 35.2 Å². The Hall–Kier alpha value is -0.0800. The van der Waals surface area contributed by atoms with E-state index in [4.69, 9.17) is 10.5 Å². The summed E-state index contributed by atoms with van der Waals surface area (Å²) in [6.45, 7) is 2.96. The number of hydrogen-bond acceptors (Lipinski definition) is 2. The van der Waals surface area contributed by atoms with E-state index in [-0.39, 0.29) is 5.60 Å². The zero-order chi connectivity index (χ0) is 11.2. The van der Waals surface area contributed by atoms with Gasteiger partial charge in [-0.2, -0.15) is 0 Å². The van der Waals surface area contributed by atoms with E-state index in [1.807, 2.05) is 0 Å². The monoisotopic (exact) mass is 223 g/mol. The van der Waals surface area contributed by atoms with Crippen LogP contribution in [0.1, 0.15) is 51.9 Å². The molecule has 0 saturated heterocycles. The molecule has 2 heteroatoms. The maximum atomic E-state index is 6.41. The third kappa shape index (κ3) is 1.91. The Morgan fingerprint density at radius 2 is 1.62 bits per heavy atom. The Morgan fingerprint density at radius 1 is 1.12 bits per heavy atom. The SMILES string of the molecule is CC(CCN)OC12CC3CC(CC(C3)C1)C2. The minimum absolute atomic E-state index is 0.267. The van der Waals surface area contributed by atoms with E-state index in [9.17, 15) is 0 Å². The lowest BCUT2D eigenvalue weighted by atomic mass is 9.54. The summed E-state index contributed by atoms with van der Waals surface area (Å²) in [4.78, 5) is 0. The predicted molar refractivity (Wildman–Crippen MR) is 65.1 cm³/mol. The fraction of sp³-hybridized carbons (Fsp3) is 1.00. The van der Waals surface area contributed by atoms with Gasteiger partial charge in [0.15, 0.2) is 0 Å². The van der Waals surface area contributed by atoms with Gasteiger partial charge in [0.25, 0.3) is 0 Å². The molecule has 4 bridgehead atoms. The number of hydrogen-bond donors (Lipinski definition) is 1. The van der Waals surface area contributed by atoms with Crippen molar-refractivity contribution in [2.45, 2.75) is 63.6 Å². The van der Waals surface area contributed by atoms with Crippen molar-refractivity contribution in [3.63, 3.8) is 0 Å². The van der Waals surface area contributed by atoms with Gasteiger partial charge in [0.2, 0.25) is 0 Å². The molecule has 0 heterocycles. The molecule has 16 heavy (non-hydrogen) atoms. The molecule has 2 N–H and O–H groups in total. The first-order valence-corrected chi connectivity index (χ1v) is 7.07. The van der Waals surface area contributed by atoms with Crippen LogP contribution in [0.15, 0.2) is 0 Å². The van der Waals surface area contributed by atoms with Crippen LogP contribution in [0.3, 0.4) is 0 Å². The van der Waals surface area contributed by atoms with E-state index in [1.165, 1.54) is 38.5 Å². The lowest BCUT2D eigenvalue weighted by molar-refractivity contribution is -0.184. The molecule has 4 aliphatic rings. The molecule has 0 spiro atoms. The number of nitrogens with two attached hydrogens (primary N) is 1. The Kier molecular flexibility index (Phi) is 2.75. The summed E-state index contributed by atoms with van der Waals surface area (Å²) in [5.74, 6) is 2.95. The highest BCUT2D eigenvalue weighted by atomic mass is 16.5. The summed E-state index contributed by atoms with van der Waals surface area (Å²) in [7, 11) is 0. The van der Waals surface area contributed by atoms with Crippen LogP contribution >= 0.6 is 0 Å². The molecule has 4 rings (SSSR count). The Morgan fingerprint density at radius 3 is 2.06 bits per heavy atom. The molecule has 92 valence electrons. The fourth-order valence-electron chi connectivity index (χ4n) is 4.90. The third-order valence-electron chi connectivity index (χ3n) is 5.01. The highest BCUT2D eigenvalue weighted by Crippen LogP contribution is 2.57. The first kappa shape index (κ1) is 11.0. The van der Waals surface area contributed by atoms with Crippen molar-refractivity contribution in [1.29, 1.82) is 0 Å². The average molecular weight is 223 g/mol. The van der Waals surface area contributed by atoms with Crippen LogP contribution in [-0.4, -0.2) is 18.2 Å². The lowest BCUT2D eigenvalue weighted by Crippen LogP contribution is -2.53. The second-order valence-corrected chi connectivity index (χ2v) is 6.61. The second-order valence-electron chi connectivity index (χ2n) is 6.61. The summed E-state index contributed by atoms with van der Waals surface area (Å²) < 4.78 is 6.41. The van der Waals surface area contributed by atoms with Crippen molar-refractivity contribution in [2.75, 3.05) is 6.54 Å². The molecule has 1 atom stereocenters. The zero-order valence-corrected chi connectivity index (χ0v) is 10.5. The summed E-state index contributed by atoms with van der Waals surface area (Å²) in [5.41, 5.74) is 5.88. The van der Waals surface area contributed by atoms with Gasteiger partial charge >= 0.3 is 0 Å². The van der Waals surface area contributed by atoms with Gasteiger partial charge in [0.1, 0.15) is 0 Å². The van der Waals surface area contributed by atoms with E-state index in [0.29, 0.717) is 6.10 Å². The van der Waals surface area contributed by atoms with Gasteiger partial charge < -0.3 is 10.5 Å². The first-order chi connectivity index (χ1) is 7.69. The van der Waals surface area contributed by atoms with Gasteiger partial charge in [0, 0.05) is 0 Å². The average Bonchev–Trinajstić information content (AvgIpc) is 2.13. The molecular formula is C14H25NO. The molecule has 4 fully saturated rings. The molecular weight excluding hydrogens is 198 g/mol. The minimum Gasteiger partial charge on any atom is -0.372 e. The molecule has 1 unspecified atom stereocenters. The lowest BCUT2D eigenvalue weighted by Gasteiger charge is -2.57. The smallest absolute Gasteiger partial charge is 0.0694 e. The van der Waals surface area contributed by atoms with E-state index < -0.39 is 0 Å². The van der Waals surface area contributed by atoms with Crippen molar-refractivity contribution in [1.82, 2.24) is 0 Å². The van der Waals surface area contributed by atoms with E-state index in [1.54, 1.807) is 0 Å². The highest BCUT2D eigenvalue weighted by molar-refractivity contribution is 5.03. The normalized spacial score (nSPS) is 47.2. The maximum Gasteiger partial charge on any atom is 0.0694 e. The minimum atomic E-state index is 0.267. The van der Waals surface area contributed by atoms with E-state index in [0.717, 1.165) is 30.7 Å². The van der Waals surface area contributed by atoms with Crippen LogP contribution in [0.25, 0.3) is 0 Å². The molecule has 4 aliphatic carbocycles. The largest absolute Gasteiger partial charge is 0.372 e. The molecule has 0 aromatic rings. The van der Waals surface area contributed by atoms with Crippen LogP contribution < -0.4 is 5.73 Å². The van der Waals surface area contributed by atoms with Gasteiger partial charge in [-0.3, -0.25) is 0 Å². The van der Waals surface area contributed by atoms with Crippen LogP contribution in [-0.2, 0) is 4.74 Å². The molecule has 4 saturated carbocycles. The Labute approximate surface area is 98.9 Å². The predicted octanol–water partition coefficient (Wildman–Crippen LogP) is 2.71. The Bertz CT molecular complexity index is 228. The van der Waals surface area contributed by atoms with Gasteiger partial charge in [-0.15, -0.1) is 0 Å². The van der Waals surface area contributed by atoms with Gasteiger partial charge in [-0.05, 0) is 76.2 Å². The van der Waals surface area contributed by atoms with Crippen LogP contribution in [0.2, 0.25) is 0 Å². The van der Waals surface area contributed by atoms with Crippen molar-refractivity contribution in [3.05, 3.63) is 0 Å². The molecule has 2 nitrogen and oxygen atoms in total. The second kappa shape index (κ2) is 3.99. The quantitative estimate of drug-likeness (QED) is 0.795. The summed E-state index contributed by atoms with van der Waals surface area (Å²) in [6.07, 6.45) is 9.88. The molecule has 0 radical (unpaired) electrons. The van der Waals surface area contributed by atoms with Crippen LogP contribution in [0, 0.1) is 17.8 Å². The van der Waals surface area contributed by atoms with E-state index in [2.05, 4.69) is 6.92 Å². The summed E-state index contributed by atoms with van der Waals surface area (Å²) >= 11 is 0. The van der Waals surface area contributed by atoms with Crippen LogP contribution in [0.5, 0.6) is 0 Å². The highest BCUT2D eigenvalue weighted by Gasteiger charge is 2.52. The molecule has 0 aromatic carbocycles. The summed E-state index contributed by atoms with van der Waals surface area (Å²) in [5, 5.41) is 0. The number of ether oxygens (including phenoxy) is 1. The van der Waals surface area contributed by atoms with Crippen LogP contribution in [0.4, 0.5) is 0 Å². The van der Waals surface area contributed by atoms with Crippen molar-refractivity contribution in [2.24, 2.45) is 23.5 Å². The molecule has 0 aromatic heterocycles. The maximum absolute atomic E-state index is 6.41. The van der Waals surface area contributed by atoms with Crippen molar-refractivity contribution < 1.29 is 4.74 Å². The van der Waals surface area contributed by atoms with Crippen molar-refractivity contribution in [3.8, 4) is 0 Å². The molecule has 0 aliphatic heterocycles. The fourth-order valence-corrected chi connectivity index (χ4v) is 4.90. The summed E-state index contributed by atoms with van der Waals surface area (Å²) in [6, 6.07) is 0. The van der Waals surface area contributed by atoms with Gasteiger partial charge in [-0.25, -0.2) is 0 Å². The Balaban J connectivity index is 1.68. The zero-order valence-electron chi connectivity index (χ0n) is 10.5. The number of rotatable bonds is 4.